The van der Waals surface area contributed by atoms with Gasteiger partial charge in [-0.05, 0) is 30.9 Å². The number of imidazole rings is 1. The van der Waals surface area contributed by atoms with Gasteiger partial charge in [0.05, 0.1) is 18.1 Å². The van der Waals surface area contributed by atoms with Crippen LogP contribution in [-0.4, -0.2) is 35.6 Å². The summed E-state index contributed by atoms with van der Waals surface area (Å²) in [5.74, 6) is 1.52. The van der Waals surface area contributed by atoms with E-state index in [2.05, 4.69) is 20.0 Å². The Kier molecular flexibility index (Phi) is 3.84. The second-order valence-corrected chi connectivity index (χ2v) is 8.14. The van der Waals surface area contributed by atoms with Crippen LogP contribution in [0.3, 0.4) is 0 Å². The van der Waals surface area contributed by atoms with E-state index in [1.54, 1.807) is 24.5 Å². The molecule has 7 nitrogen and oxygen atoms in total. The van der Waals surface area contributed by atoms with E-state index >= 15 is 0 Å². The summed E-state index contributed by atoms with van der Waals surface area (Å²) in [4.78, 5) is 8.89. The molecule has 2 N–H and O–H groups in total. The minimum Gasteiger partial charge on any atom is -0.367 e. The quantitative estimate of drug-likeness (QED) is 0.708. The fraction of sp³-hybridized carbons (Fsp3) is 0.294. The fourth-order valence-corrected chi connectivity index (χ4v) is 3.33. The van der Waals surface area contributed by atoms with Gasteiger partial charge in [-0.3, -0.25) is 9.12 Å². The van der Waals surface area contributed by atoms with Crippen molar-refractivity contribution in [2.45, 2.75) is 12.8 Å². The maximum absolute atomic E-state index is 11.4. The number of nitrogens with one attached hydrogen (secondary N) is 2. The standard InChI is InChI=1S/C17H19N5O2S/c1-25(23,24)21-14-4-2-3-13(9-14)15-11-20-17-16(18-7-8-22(15)17)19-10-12-5-6-12/h2-4,7-9,11-12,21H,5-6,10H2,1H3,(H,18,19). The molecule has 2 aromatic heterocycles. The highest BCUT2D eigenvalue weighted by Gasteiger charge is 2.21. The third-order valence-electron chi connectivity index (χ3n) is 4.14. The first-order valence-corrected chi connectivity index (χ1v) is 10.0. The normalized spacial score (nSPS) is 14.6. The number of fused-ring (bicyclic) bond motifs is 1. The van der Waals surface area contributed by atoms with Gasteiger partial charge in [-0.15, -0.1) is 0 Å². The number of nitrogens with zero attached hydrogens (tertiary/aromatic N) is 3. The topological polar surface area (TPSA) is 88.4 Å². The highest BCUT2D eigenvalue weighted by atomic mass is 32.2. The van der Waals surface area contributed by atoms with Crippen LogP contribution in [0.15, 0.2) is 42.9 Å². The molecule has 1 aromatic carbocycles. The molecule has 130 valence electrons. The molecule has 1 aliphatic carbocycles. The van der Waals surface area contributed by atoms with Crippen molar-refractivity contribution in [1.29, 1.82) is 0 Å². The van der Waals surface area contributed by atoms with Crippen LogP contribution >= 0.6 is 0 Å². The highest BCUT2D eigenvalue weighted by Crippen LogP contribution is 2.30. The van der Waals surface area contributed by atoms with Crippen molar-refractivity contribution in [3.8, 4) is 11.3 Å². The van der Waals surface area contributed by atoms with Crippen LogP contribution < -0.4 is 10.0 Å². The SMILES string of the molecule is CS(=O)(=O)Nc1cccc(-c2cnc3c(NCC4CC4)nccn23)c1. The minimum absolute atomic E-state index is 0.524. The predicted molar refractivity (Wildman–Crippen MR) is 98.1 cm³/mol. The molecule has 25 heavy (non-hydrogen) atoms. The van der Waals surface area contributed by atoms with Crippen molar-refractivity contribution < 1.29 is 8.42 Å². The van der Waals surface area contributed by atoms with E-state index in [1.165, 1.54) is 12.8 Å². The summed E-state index contributed by atoms with van der Waals surface area (Å²) < 4.78 is 27.3. The van der Waals surface area contributed by atoms with Crippen LogP contribution in [0.5, 0.6) is 0 Å². The molecule has 0 unspecified atom stereocenters. The van der Waals surface area contributed by atoms with Crippen molar-refractivity contribution in [2.24, 2.45) is 5.92 Å². The van der Waals surface area contributed by atoms with E-state index < -0.39 is 10.0 Å². The van der Waals surface area contributed by atoms with Crippen molar-refractivity contribution in [2.75, 3.05) is 22.8 Å². The maximum Gasteiger partial charge on any atom is 0.229 e. The van der Waals surface area contributed by atoms with E-state index in [1.807, 2.05) is 22.7 Å². The highest BCUT2D eigenvalue weighted by molar-refractivity contribution is 7.92. The van der Waals surface area contributed by atoms with Crippen molar-refractivity contribution in [3.05, 3.63) is 42.9 Å². The molecule has 4 rings (SSSR count). The van der Waals surface area contributed by atoms with Crippen molar-refractivity contribution in [3.63, 3.8) is 0 Å². The second-order valence-electron chi connectivity index (χ2n) is 6.39. The average Bonchev–Trinajstić information content (AvgIpc) is 3.28. The van der Waals surface area contributed by atoms with Gasteiger partial charge in [0.15, 0.2) is 11.5 Å². The van der Waals surface area contributed by atoms with Gasteiger partial charge in [0, 0.05) is 30.2 Å². The number of benzene rings is 1. The monoisotopic (exact) mass is 357 g/mol. The Balaban J connectivity index is 1.69. The van der Waals surface area contributed by atoms with Crippen LogP contribution in [0.25, 0.3) is 16.9 Å². The Morgan fingerprint density at radius 1 is 1.28 bits per heavy atom. The van der Waals surface area contributed by atoms with Gasteiger partial charge in [0.25, 0.3) is 0 Å². The van der Waals surface area contributed by atoms with Crippen LogP contribution in [0, 0.1) is 5.92 Å². The lowest BCUT2D eigenvalue weighted by Gasteiger charge is -2.08. The zero-order valence-electron chi connectivity index (χ0n) is 13.8. The van der Waals surface area contributed by atoms with E-state index in [-0.39, 0.29) is 0 Å². The molecule has 1 aliphatic rings. The predicted octanol–water partition coefficient (Wildman–Crippen LogP) is 2.59. The summed E-state index contributed by atoms with van der Waals surface area (Å²) in [5.41, 5.74) is 3.04. The first-order chi connectivity index (χ1) is 12.0. The van der Waals surface area contributed by atoms with Crippen LogP contribution in [0.4, 0.5) is 11.5 Å². The van der Waals surface area contributed by atoms with E-state index in [0.717, 1.165) is 41.4 Å². The number of anilines is 2. The second kappa shape index (κ2) is 6.03. The summed E-state index contributed by atoms with van der Waals surface area (Å²) >= 11 is 0. The number of aromatic nitrogens is 3. The Hall–Kier alpha value is -2.61. The molecule has 8 heteroatoms. The lowest BCUT2D eigenvalue weighted by Crippen LogP contribution is -2.09. The average molecular weight is 357 g/mol. The third kappa shape index (κ3) is 3.58. The fourth-order valence-electron chi connectivity index (χ4n) is 2.78. The Bertz CT molecular complexity index is 1020. The van der Waals surface area contributed by atoms with Crippen LogP contribution in [0.2, 0.25) is 0 Å². The molecule has 0 saturated heterocycles. The Labute approximate surface area is 146 Å². The summed E-state index contributed by atoms with van der Waals surface area (Å²) in [5, 5.41) is 3.37. The molecule has 1 fully saturated rings. The molecule has 0 spiro atoms. The largest absolute Gasteiger partial charge is 0.367 e. The number of rotatable bonds is 6. The maximum atomic E-state index is 11.4. The molecular weight excluding hydrogens is 338 g/mol. The number of sulfonamides is 1. The Morgan fingerprint density at radius 3 is 2.88 bits per heavy atom. The number of hydrogen-bond donors (Lipinski definition) is 2. The van der Waals surface area contributed by atoms with Crippen LogP contribution in [0.1, 0.15) is 12.8 Å². The zero-order valence-corrected chi connectivity index (χ0v) is 14.6. The molecule has 0 radical (unpaired) electrons. The summed E-state index contributed by atoms with van der Waals surface area (Å²) in [6.07, 6.45) is 9.06. The van der Waals surface area contributed by atoms with Crippen molar-refractivity contribution in [1.82, 2.24) is 14.4 Å². The smallest absolute Gasteiger partial charge is 0.229 e. The van der Waals surface area contributed by atoms with Gasteiger partial charge in [-0.2, -0.15) is 0 Å². The first kappa shape index (κ1) is 15.9. The van der Waals surface area contributed by atoms with Gasteiger partial charge in [0.1, 0.15) is 0 Å². The zero-order chi connectivity index (χ0) is 17.4. The van der Waals surface area contributed by atoms with Gasteiger partial charge in [-0.1, -0.05) is 12.1 Å². The van der Waals surface area contributed by atoms with Gasteiger partial charge in [0.2, 0.25) is 10.0 Å². The van der Waals surface area contributed by atoms with Gasteiger partial charge < -0.3 is 5.32 Å². The minimum atomic E-state index is -3.31. The van der Waals surface area contributed by atoms with Crippen LogP contribution in [-0.2, 0) is 10.0 Å². The van der Waals surface area contributed by atoms with E-state index in [4.69, 9.17) is 0 Å². The van der Waals surface area contributed by atoms with Gasteiger partial charge >= 0.3 is 0 Å². The molecule has 1 saturated carbocycles. The van der Waals surface area contributed by atoms with E-state index in [0.29, 0.717) is 5.69 Å². The molecule has 0 atom stereocenters. The summed E-state index contributed by atoms with van der Waals surface area (Å²) in [6.45, 7) is 0.919. The molecule has 2 heterocycles. The Morgan fingerprint density at radius 2 is 2.12 bits per heavy atom. The summed E-state index contributed by atoms with van der Waals surface area (Å²) in [6, 6.07) is 7.25. The molecule has 0 bridgehead atoms. The third-order valence-corrected chi connectivity index (χ3v) is 4.75. The molecule has 3 aromatic rings. The molecular formula is C17H19N5O2S. The van der Waals surface area contributed by atoms with Crippen molar-refractivity contribution >= 4 is 27.2 Å². The molecule has 0 aliphatic heterocycles. The first-order valence-electron chi connectivity index (χ1n) is 8.14. The van der Waals surface area contributed by atoms with Gasteiger partial charge in [-0.25, -0.2) is 18.4 Å². The molecule has 0 amide bonds. The van der Waals surface area contributed by atoms with E-state index in [9.17, 15) is 8.42 Å². The lowest BCUT2D eigenvalue weighted by atomic mass is 10.1. The summed E-state index contributed by atoms with van der Waals surface area (Å²) in [7, 11) is -3.31. The number of hydrogen-bond acceptors (Lipinski definition) is 5. The lowest BCUT2D eigenvalue weighted by molar-refractivity contribution is 0.607.